The molecule has 1 aromatic heterocycles. The third kappa shape index (κ3) is 2.05. The second kappa shape index (κ2) is 3.97. The first kappa shape index (κ1) is 9.47. The van der Waals surface area contributed by atoms with E-state index < -0.39 is 0 Å². The van der Waals surface area contributed by atoms with Gasteiger partial charge in [-0.15, -0.1) is 0 Å². The van der Waals surface area contributed by atoms with Crippen molar-refractivity contribution in [3.63, 3.8) is 0 Å². The Morgan fingerprint density at radius 3 is 2.60 bits per heavy atom. The first-order valence-electron chi connectivity index (χ1n) is 4.68. The fraction of sp³-hybridized carbons (Fsp3) is 0.167. The van der Waals surface area contributed by atoms with Crippen LogP contribution in [0.25, 0.3) is 11.5 Å². The zero-order valence-electron chi connectivity index (χ0n) is 8.40. The van der Waals surface area contributed by atoms with E-state index in [2.05, 4.69) is 11.1 Å². The smallest absolute Gasteiger partial charge is 0.226 e. The van der Waals surface area contributed by atoms with Gasteiger partial charge in [0, 0.05) is 5.56 Å². The summed E-state index contributed by atoms with van der Waals surface area (Å²) in [6, 6.07) is 9.77. The van der Waals surface area contributed by atoms with Crippen molar-refractivity contribution >= 4 is 0 Å². The van der Waals surface area contributed by atoms with Gasteiger partial charge in [0.05, 0.1) is 18.2 Å². The number of nitrogens with zero attached hydrogens (tertiary/aromatic N) is 2. The van der Waals surface area contributed by atoms with E-state index in [9.17, 15) is 0 Å². The lowest BCUT2D eigenvalue weighted by atomic mass is 10.1. The molecule has 0 spiro atoms. The SMILES string of the molecule is Cc1coc(-c2ccc(CC#N)cc2)n1. The highest BCUT2D eigenvalue weighted by Crippen LogP contribution is 2.18. The molecule has 0 fully saturated rings. The van der Waals surface area contributed by atoms with Crippen LogP contribution in [0.3, 0.4) is 0 Å². The minimum absolute atomic E-state index is 0.435. The van der Waals surface area contributed by atoms with Gasteiger partial charge in [-0.05, 0) is 24.6 Å². The van der Waals surface area contributed by atoms with Crippen molar-refractivity contribution in [1.29, 1.82) is 5.26 Å². The number of oxazole rings is 1. The van der Waals surface area contributed by atoms with Crippen LogP contribution in [-0.4, -0.2) is 4.98 Å². The van der Waals surface area contributed by atoms with Crippen molar-refractivity contribution in [2.24, 2.45) is 0 Å². The van der Waals surface area contributed by atoms with Crippen LogP contribution < -0.4 is 0 Å². The number of nitriles is 1. The van der Waals surface area contributed by atoms with Crippen LogP contribution in [-0.2, 0) is 6.42 Å². The molecule has 0 unspecified atom stereocenters. The van der Waals surface area contributed by atoms with Gasteiger partial charge < -0.3 is 4.42 Å². The Hall–Kier alpha value is -2.08. The monoisotopic (exact) mass is 198 g/mol. The summed E-state index contributed by atoms with van der Waals surface area (Å²) in [4.78, 5) is 4.22. The van der Waals surface area contributed by atoms with E-state index >= 15 is 0 Å². The highest BCUT2D eigenvalue weighted by Gasteiger charge is 2.03. The average Bonchev–Trinajstić information content (AvgIpc) is 2.67. The van der Waals surface area contributed by atoms with Gasteiger partial charge in [-0.1, -0.05) is 12.1 Å². The largest absolute Gasteiger partial charge is 0.444 e. The Balaban J connectivity index is 2.28. The molecule has 74 valence electrons. The average molecular weight is 198 g/mol. The van der Waals surface area contributed by atoms with Gasteiger partial charge in [-0.3, -0.25) is 0 Å². The van der Waals surface area contributed by atoms with E-state index in [0.29, 0.717) is 12.3 Å². The molecule has 0 saturated heterocycles. The summed E-state index contributed by atoms with van der Waals surface area (Å²) >= 11 is 0. The molecule has 3 nitrogen and oxygen atoms in total. The van der Waals surface area contributed by atoms with Gasteiger partial charge in [0.25, 0.3) is 0 Å². The van der Waals surface area contributed by atoms with Crippen LogP contribution in [0, 0.1) is 18.3 Å². The third-order valence-corrected chi connectivity index (χ3v) is 2.10. The molecule has 0 atom stereocenters. The van der Waals surface area contributed by atoms with Gasteiger partial charge in [-0.25, -0.2) is 4.98 Å². The Bertz CT molecular complexity index is 491. The predicted molar refractivity (Wildman–Crippen MR) is 56.0 cm³/mol. The lowest BCUT2D eigenvalue weighted by Gasteiger charge is -1.96. The molecular weight excluding hydrogens is 188 g/mol. The molecule has 2 rings (SSSR count). The van der Waals surface area contributed by atoms with E-state index in [1.807, 2.05) is 31.2 Å². The van der Waals surface area contributed by atoms with Crippen LogP contribution >= 0.6 is 0 Å². The lowest BCUT2D eigenvalue weighted by Crippen LogP contribution is -1.82. The molecule has 0 aliphatic heterocycles. The number of aryl methyl sites for hydroxylation is 1. The maximum atomic E-state index is 8.53. The van der Waals surface area contributed by atoms with Crippen LogP contribution in [0.15, 0.2) is 34.9 Å². The van der Waals surface area contributed by atoms with E-state index in [4.69, 9.17) is 9.68 Å². The van der Waals surface area contributed by atoms with Crippen LogP contribution in [0.5, 0.6) is 0 Å². The van der Waals surface area contributed by atoms with Crippen LogP contribution in [0.4, 0.5) is 0 Å². The number of benzene rings is 1. The summed E-state index contributed by atoms with van der Waals surface area (Å²) < 4.78 is 5.27. The quantitative estimate of drug-likeness (QED) is 0.745. The summed E-state index contributed by atoms with van der Waals surface area (Å²) in [5, 5.41) is 8.53. The molecule has 0 bridgehead atoms. The summed E-state index contributed by atoms with van der Waals surface area (Å²) in [6.07, 6.45) is 2.06. The molecule has 0 aliphatic rings. The zero-order valence-corrected chi connectivity index (χ0v) is 8.40. The number of hydrogen-bond acceptors (Lipinski definition) is 3. The summed E-state index contributed by atoms with van der Waals surface area (Å²) in [7, 11) is 0. The van der Waals surface area contributed by atoms with E-state index in [0.717, 1.165) is 16.8 Å². The second-order valence-electron chi connectivity index (χ2n) is 3.33. The first-order valence-corrected chi connectivity index (χ1v) is 4.68. The maximum Gasteiger partial charge on any atom is 0.226 e. The van der Waals surface area contributed by atoms with E-state index in [1.54, 1.807) is 6.26 Å². The fourth-order valence-corrected chi connectivity index (χ4v) is 1.34. The molecular formula is C12H10N2O. The predicted octanol–water partition coefficient (Wildman–Crippen LogP) is 2.72. The Morgan fingerprint density at radius 1 is 1.33 bits per heavy atom. The maximum absolute atomic E-state index is 8.53. The van der Waals surface area contributed by atoms with Crippen molar-refractivity contribution in [3.05, 3.63) is 41.8 Å². The summed E-state index contributed by atoms with van der Waals surface area (Å²) in [5.41, 5.74) is 2.81. The van der Waals surface area contributed by atoms with Crippen LogP contribution in [0.2, 0.25) is 0 Å². The van der Waals surface area contributed by atoms with Gasteiger partial charge in [0.2, 0.25) is 5.89 Å². The highest BCUT2D eigenvalue weighted by molar-refractivity contribution is 5.53. The normalized spacial score (nSPS) is 9.87. The Morgan fingerprint density at radius 2 is 2.07 bits per heavy atom. The molecule has 3 heteroatoms. The van der Waals surface area contributed by atoms with Gasteiger partial charge in [-0.2, -0.15) is 5.26 Å². The van der Waals surface area contributed by atoms with E-state index in [-0.39, 0.29) is 0 Å². The molecule has 0 N–H and O–H groups in total. The molecule has 2 aromatic rings. The summed E-state index contributed by atoms with van der Waals surface area (Å²) in [6.45, 7) is 1.89. The number of aromatic nitrogens is 1. The zero-order chi connectivity index (χ0) is 10.7. The first-order chi connectivity index (χ1) is 7.29. The second-order valence-corrected chi connectivity index (χ2v) is 3.33. The van der Waals surface area contributed by atoms with Crippen molar-refractivity contribution in [2.75, 3.05) is 0 Å². The van der Waals surface area contributed by atoms with Crippen molar-refractivity contribution in [3.8, 4) is 17.5 Å². The minimum Gasteiger partial charge on any atom is -0.444 e. The Kier molecular flexibility index (Phi) is 2.51. The number of rotatable bonds is 2. The highest BCUT2D eigenvalue weighted by atomic mass is 16.3. The minimum atomic E-state index is 0.435. The molecule has 0 aliphatic carbocycles. The Labute approximate surface area is 88.0 Å². The van der Waals surface area contributed by atoms with Crippen molar-refractivity contribution in [1.82, 2.24) is 4.98 Å². The molecule has 1 aromatic carbocycles. The molecule has 1 heterocycles. The van der Waals surface area contributed by atoms with Crippen LogP contribution in [0.1, 0.15) is 11.3 Å². The standard InChI is InChI=1S/C12H10N2O/c1-9-8-15-12(14-9)11-4-2-10(3-5-11)6-7-13/h2-5,8H,6H2,1H3. The molecule has 15 heavy (non-hydrogen) atoms. The van der Waals surface area contributed by atoms with Gasteiger partial charge in [0.1, 0.15) is 6.26 Å². The molecule has 0 amide bonds. The van der Waals surface area contributed by atoms with Gasteiger partial charge in [0.15, 0.2) is 0 Å². The van der Waals surface area contributed by atoms with Gasteiger partial charge >= 0.3 is 0 Å². The topological polar surface area (TPSA) is 49.8 Å². The summed E-state index contributed by atoms with van der Waals surface area (Å²) in [5.74, 6) is 0.621. The fourth-order valence-electron chi connectivity index (χ4n) is 1.34. The molecule has 0 radical (unpaired) electrons. The van der Waals surface area contributed by atoms with E-state index in [1.165, 1.54) is 0 Å². The van der Waals surface area contributed by atoms with Crippen molar-refractivity contribution in [2.45, 2.75) is 13.3 Å². The molecule has 0 saturated carbocycles. The third-order valence-electron chi connectivity index (χ3n) is 2.10. The lowest BCUT2D eigenvalue weighted by molar-refractivity contribution is 0.573. The number of hydrogen-bond donors (Lipinski definition) is 0. The van der Waals surface area contributed by atoms with Crippen molar-refractivity contribution < 1.29 is 4.42 Å².